The van der Waals surface area contributed by atoms with Crippen LogP contribution < -0.4 is 16.1 Å². The number of carbonyl (C=O) groups is 2. The van der Waals surface area contributed by atoms with Gasteiger partial charge < -0.3 is 15.6 Å². The van der Waals surface area contributed by atoms with Crippen LogP contribution in [0.3, 0.4) is 0 Å². The number of aromatic nitrogens is 1. The summed E-state index contributed by atoms with van der Waals surface area (Å²) < 4.78 is 0. The van der Waals surface area contributed by atoms with Gasteiger partial charge in [-0.15, -0.1) is 0 Å². The number of carbonyl (C=O) groups excluding carboxylic acids is 2. The number of rotatable bonds is 4. The molecule has 0 saturated heterocycles. The molecule has 6 nitrogen and oxygen atoms in total. The first-order valence-electron chi connectivity index (χ1n) is 6.48. The molecule has 0 fully saturated rings. The van der Waals surface area contributed by atoms with Crippen LogP contribution in [-0.2, 0) is 4.79 Å². The molecule has 108 valence electrons. The minimum atomic E-state index is -0.504. The lowest BCUT2D eigenvalue weighted by Gasteiger charge is -2.08. The Morgan fingerprint density at radius 3 is 2.52 bits per heavy atom. The summed E-state index contributed by atoms with van der Waals surface area (Å²) in [4.78, 5) is 37.6. The molecule has 2 rings (SSSR count). The average molecular weight is 285 g/mol. The molecule has 0 bridgehead atoms. The Bertz CT molecular complexity index is 722. The molecule has 0 atom stereocenters. The summed E-state index contributed by atoms with van der Waals surface area (Å²) in [6, 6.07) is 8.01. The van der Waals surface area contributed by atoms with Crippen LogP contribution in [0.2, 0.25) is 0 Å². The highest BCUT2D eigenvalue weighted by molar-refractivity contribution is 6.04. The van der Waals surface area contributed by atoms with Crippen molar-refractivity contribution in [2.75, 3.05) is 10.6 Å². The van der Waals surface area contributed by atoms with E-state index in [0.717, 1.165) is 0 Å². The Morgan fingerprint density at radius 2 is 1.86 bits per heavy atom. The van der Waals surface area contributed by atoms with E-state index in [1.165, 1.54) is 18.5 Å². The van der Waals surface area contributed by atoms with Gasteiger partial charge in [0.25, 0.3) is 5.91 Å². The van der Waals surface area contributed by atoms with Crippen molar-refractivity contribution in [3.05, 3.63) is 58.5 Å². The molecule has 6 heteroatoms. The molecule has 2 amide bonds. The fraction of sp³-hybridized carbons (Fsp3) is 0.133. The van der Waals surface area contributed by atoms with E-state index in [0.29, 0.717) is 17.8 Å². The van der Waals surface area contributed by atoms with Crippen molar-refractivity contribution in [3.63, 3.8) is 0 Å². The Labute approximate surface area is 121 Å². The number of nitrogens with one attached hydrogen (secondary N) is 3. The van der Waals surface area contributed by atoms with Crippen LogP contribution in [0.4, 0.5) is 11.4 Å². The summed E-state index contributed by atoms with van der Waals surface area (Å²) in [5.41, 5.74) is 0.751. The quantitative estimate of drug-likeness (QED) is 0.802. The molecule has 0 spiro atoms. The van der Waals surface area contributed by atoms with Crippen LogP contribution in [0.5, 0.6) is 0 Å². The molecule has 0 aliphatic heterocycles. The molecule has 21 heavy (non-hydrogen) atoms. The van der Waals surface area contributed by atoms with Crippen LogP contribution in [0.15, 0.2) is 47.5 Å². The Morgan fingerprint density at radius 1 is 1.14 bits per heavy atom. The highest BCUT2D eigenvalue weighted by Crippen LogP contribution is 2.15. The molecule has 0 unspecified atom stereocenters. The second-order valence-electron chi connectivity index (χ2n) is 4.36. The van der Waals surface area contributed by atoms with Crippen molar-refractivity contribution >= 4 is 23.2 Å². The number of anilines is 2. The van der Waals surface area contributed by atoms with Crippen LogP contribution in [0.25, 0.3) is 0 Å². The van der Waals surface area contributed by atoms with Gasteiger partial charge in [0.2, 0.25) is 5.91 Å². The van der Waals surface area contributed by atoms with Gasteiger partial charge in [0, 0.05) is 36.3 Å². The van der Waals surface area contributed by atoms with Crippen LogP contribution >= 0.6 is 0 Å². The maximum atomic E-state index is 12.0. The van der Waals surface area contributed by atoms with Gasteiger partial charge >= 0.3 is 0 Å². The minimum absolute atomic E-state index is 0.0282. The number of hydrogen-bond acceptors (Lipinski definition) is 3. The summed E-state index contributed by atoms with van der Waals surface area (Å²) >= 11 is 0. The van der Waals surface area contributed by atoms with Gasteiger partial charge in [0.05, 0.1) is 0 Å². The normalized spacial score (nSPS) is 9.95. The fourth-order valence-corrected chi connectivity index (χ4v) is 1.72. The molecule has 0 radical (unpaired) electrons. The molecular weight excluding hydrogens is 270 g/mol. The lowest BCUT2D eigenvalue weighted by atomic mass is 10.2. The SMILES string of the molecule is CCC(=O)Nc1cccc(NC(=O)c2c[nH]ccc2=O)c1. The highest BCUT2D eigenvalue weighted by atomic mass is 16.2. The minimum Gasteiger partial charge on any atom is -0.367 e. The van der Waals surface area contributed by atoms with Crippen molar-refractivity contribution < 1.29 is 9.59 Å². The first kappa shape index (κ1) is 14.5. The van der Waals surface area contributed by atoms with Gasteiger partial charge in [-0.25, -0.2) is 0 Å². The second kappa shape index (κ2) is 6.51. The van der Waals surface area contributed by atoms with E-state index in [4.69, 9.17) is 0 Å². The lowest BCUT2D eigenvalue weighted by Crippen LogP contribution is -2.21. The van der Waals surface area contributed by atoms with Gasteiger partial charge in [-0.3, -0.25) is 14.4 Å². The lowest BCUT2D eigenvalue weighted by molar-refractivity contribution is -0.115. The third kappa shape index (κ3) is 3.79. The second-order valence-corrected chi connectivity index (χ2v) is 4.36. The summed E-state index contributed by atoms with van der Waals surface area (Å²) in [7, 11) is 0. The van der Waals surface area contributed by atoms with E-state index in [2.05, 4.69) is 15.6 Å². The Balaban J connectivity index is 2.15. The molecule has 0 aliphatic carbocycles. The van der Waals surface area contributed by atoms with Gasteiger partial charge in [-0.2, -0.15) is 0 Å². The van der Waals surface area contributed by atoms with E-state index in [9.17, 15) is 14.4 Å². The smallest absolute Gasteiger partial charge is 0.261 e. The number of aromatic amines is 1. The zero-order valence-corrected chi connectivity index (χ0v) is 11.5. The number of H-pyrrole nitrogens is 1. The Kier molecular flexibility index (Phi) is 4.50. The number of amides is 2. The van der Waals surface area contributed by atoms with E-state index >= 15 is 0 Å². The predicted octanol–water partition coefficient (Wildman–Crippen LogP) is 1.98. The number of benzene rings is 1. The first-order valence-corrected chi connectivity index (χ1v) is 6.48. The van der Waals surface area contributed by atoms with E-state index in [-0.39, 0.29) is 16.9 Å². The van der Waals surface area contributed by atoms with E-state index in [1.54, 1.807) is 31.2 Å². The van der Waals surface area contributed by atoms with E-state index in [1.807, 2.05) is 0 Å². The maximum absolute atomic E-state index is 12.0. The molecule has 0 saturated carbocycles. The van der Waals surface area contributed by atoms with Gasteiger partial charge in [0.15, 0.2) is 5.43 Å². The van der Waals surface area contributed by atoms with Crippen molar-refractivity contribution in [2.24, 2.45) is 0 Å². The molecule has 0 aliphatic rings. The Hall–Kier alpha value is -2.89. The number of hydrogen-bond donors (Lipinski definition) is 3. The van der Waals surface area contributed by atoms with Crippen molar-refractivity contribution in [2.45, 2.75) is 13.3 Å². The molecule has 1 aromatic carbocycles. The zero-order chi connectivity index (χ0) is 15.2. The van der Waals surface area contributed by atoms with Gasteiger partial charge in [-0.1, -0.05) is 13.0 Å². The summed E-state index contributed by atoms with van der Waals surface area (Å²) in [5.74, 6) is -0.617. The summed E-state index contributed by atoms with van der Waals surface area (Å²) in [6.45, 7) is 1.75. The average Bonchev–Trinajstić information content (AvgIpc) is 2.47. The van der Waals surface area contributed by atoms with Crippen LogP contribution in [0, 0.1) is 0 Å². The van der Waals surface area contributed by atoms with Gasteiger partial charge in [-0.05, 0) is 18.2 Å². The van der Waals surface area contributed by atoms with Gasteiger partial charge in [0.1, 0.15) is 5.56 Å². The monoisotopic (exact) mass is 285 g/mol. The molecular formula is C15H15N3O3. The van der Waals surface area contributed by atoms with Crippen LogP contribution in [0.1, 0.15) is 23.7 Å². The van der Waals surface area contributed by atoms with Crippen LogP contribution in [-0.4, -0.2) is 16.8 Å². The van der Waals surface area contributed by atoms with Crippen molar-refractivity contribution in [1.29, 1.82) is 0 Å². The highest BCUT2D eigenvalue weighted by Gasteiger charge is 2.10. The number of pyridine rings is 1. The zero-order valence-electron chi connectivity index (χ0n) is 11.5. The first-order chi connectivity index (χ1) is 10.1. The standard InChI is InChI=1S/C15H15N3O3/c1-2-14(20)17-10-4-3-5-11(8-10)18-15(21)12-9-16-7-6-13(12)19/h3-9H,2H2,1H3,(H,16,19)(H,17,20)(H,18,21). The molecule has 3 N–H and O–H groups in total. The topological polar surface area (TPSA) is 91.1 Å². The fourth-order valence-electron chi connectivity index (χ4n) is 1.72. The molecule has 1 heterocycles. The maximum Gasteiger partial charge on any atom is 0.261 e. The summed E-state index contributed by atoms with van der Waals surface area (Å²) in [5, 5.41) is 5.32. The third-order valence-corrected chi connectivity index (χ3v) is 2.79. The summed E-state index contributed by atoms with van der Waals surface area (Å²) in [6.07, 6.45) is 3.18. The van der Waals surface area contributed by atoms with Crippen molar-refractivity contribution in [3.8, 4) is 0 Å². The molecule has 1 aromatic heterocycles. The predicted molar refractivity (Wildman–Crippen MR) is 80.4 cm³/mol. The third-order valence-electron chi connectivity index (χ3n) is 2.79. The largest absolute Gasteiger partial charge is 0.367 e. The van der Waals surface area contributed by atoms with E-state index < -0.39 is 5.91 Å². The molecule has 2 aromatic rings. The van der Waals surface area contributed by atoms with Crippen molar-refractivity contribution in [1.82, 2.24) is 4.98 Å².